The van der Waals surface area contributed by atoms with Crippen molar-refractivity contribution >= 4 is 18.3 Å². The van der Waals surface area contributed by atoms with Crippen LogP contribution in [0.1, 0.15) is 10.4 Å². The number of aliphatic hydroxyl groups is 2. The third kappa shape index (κ3) is 4.47. The van der Waals surface area contributed by atoms with Gasteiger partial charge in [0.15, 0.2) is 0 Å². The molecular weight excluding hydrogens is 268 g/mol. The van der Waals surface area contributed by atoms with Gasteiger partial charge in [-0.05, 0) is 12.1 Å². The lowest BCUT2D eigenvalue weighted by Gasteiger charge is -2.35. The third-order valence-corrected chi connectivity index (χ3v) is 2.93. The van der Waals surface area contributed by atoms with Crippen LogP contribution in [0.2, 0.25) is 0 Å². The van der Waals surface area contributed by atoms with Gasteiger partial charge in [-0.25, -0.2) is 0 Å². The van der Waals surface area contributed by atoms with Crippen molar-refractivity contribution in [2.75, 3.05) is 26.2 Å². The number of β-amino-alcohol motifs (C(OH)–C–C–N with tert-alkyl or cyclic N) is 2. The van der Waals surface area contributed by atoms with Crippen molar-refractivity contribution in [1.29, 1.82) is 0 Å². The van der Waals surface area contributed by atoms with Crippen LogP contribution in [0.4, 0.5) is 0 Å². The second-order valence-corrected chi connectivity index (χ2v) is 4.54. The smallest absolute Gasteiger partial charge is 0.254 e. The maximum Gasteiger partial charge on any atom is 0.254 e. The maximum absolute atomic E-state index is 11.6. The van der Waals surface area contributed by atoms with Crippen LogP contribution >= 0.6 is 12.4 Å². The zero-order valence-electron chi connectivity index (χ0n) is 10.5. The fourth-order valence-electron chi connectivity index (χ4n) is 1.66. The Morgan fingerprint density at radius 3 is 2.00 bits per heavy atom. The zero-order valence-corrected chi connectivity index (χ0v) is 11.3. The maximum atomic E-state index is 11.6. The van der Waals surface area contributed by atoms with E-state index in [9.17, 15) is 4.79 Å². The van der Waals surface area contributed by atoms with Crippen molar-refractivity contribution in [2.24, 2.45) is 0 Å². The van der Waals surface area contributed by atoms with Gasteiger partial charge in [-0.2, -0.15) is 0 Å². The number of nitrogens with zero attached hydrogens (tertiary/aromatic N) is 1. The summed E-state index contributed by atoms with van der Waals surface area (Å²) in [4.78, 5) is 13.2. The number of aliphatic hydroxyl groups excluding tert-OH is 2. The van der Waals surface area contributed by atoms with Crippen LogP contribution in [-0.4, -0.2) is 59.4 Å². The molecule has 0 bridgehead atoms. The molecule has 0 aliphatic carbocycles. The van der Waals surface area contributed by atoms with Crippen LogP contribution in [0.15, 0.2) is 30.3 Å². The van der Waals surface area contributed by atoms with Gasteiger partial charge >= 0.3 is 0 Å². The number of benzene rings is 1. The van der Waals surface area contributed by atoms with Crippen molar-refractivity contribution in [3.8, 4) is 0 Å². The molecular formula is C13H19ClN2O3. The molecule has 6 heteroatoms. The van der Waals surface area contributed by atoms with Crippen LogP contribution in [0, 0.1) is 0 Å². The van der Waals surface area contributed by atoms with Gasteiger partial charge in [-0.1, -0.05) is 18.2 Å². The molecule has 2 aliphatic heterocycles. The van der Waals surface area contributed by atoms with Crippen molar-refractivity contribution in [1.82, 2.24) is 10.2 Å². The number of halogens is 1. The van der Waals surface area contributed by atoms with E-state index in [0.29, 0.717) is 18.7 Å². The minimum absolute atomic E-state index is 0. The van der Waals surface area contributed by atoms with Crippen LogP contribution < -0.4 is 5.32 Å². The number of hydrogen-bond acceptors (Lipinski definition) is 4. The molecule has 1 aromatic rings. The predicted molar refractivity (Wildman–Crippen MR) is 74.5 cm³/mol. The van der Waals surface area contributed by atoms with Gasteiger partial charge in [0.05, 0.1) is 12.2 Å². The van der Waals surface area contributed by atoms with E-state index in [2.05, 4.69) is 5.32 Å². The van der Waals surface area contributed by atoms with Crippen molar-refractivity contribution in [3.05, 3.63) is 35.9 Å². The van der Waals surface area contributed by atoms with Crippen LogP contribution in [0.25, 0.3) is 0 Å². The minimum atomic E-state index is -0.326. The molecule has 0 saturated carbocycles. The van der Waals surface area contributed by atoms with Crippen LogP contribution in [-0.2, 0) is 0 Å². The molecule has 2 fully saturated rings. The molecule has 19 heavy (non-hydrogen) atoms. The summed E-state index contributed by atoms with van der Waals surface area (Å²) in [5.74, 6) is 0.00546. The Morgan fingerprint density at radius 2 is 1.63 bits per heavy atom. The molecule has 0 spiro atoms. The summed E-state index contributed by atoms with van der Waals surface area (Å²) in [5.41, 5.74) is 0.689. The monoisotopic (exact) mass is 286 g/mol. The van der Waals surface area contributed by atoms with Crippen LogP contribution in [0.5, 0.6) is 0 Å². The van der Waals surface area contributed by atoms with E-state index in [1.165, 1.54) is 0 Å². The summed E-state index contributed by atoms with van der Waals surface area (Å²) >= 11 is 0. The Balaban J connectivity index is 0.000000256. The van der Waals surface area contributed by atoms with Crippen molar-refractivity contribution in [3.63, 3.8) is 0 Å². The first-order valence-corrected chi connectivity index (χ1v) is 6.08. The Kier molecular flexibility index (Phi) is 6.24. The lowest BCUT2D eigenvalue weighted by Crippen LogP contribution is -2.53. The number of carbonyl (C=O) groups excluding carboxylic acids is 1. The Labute approximate surface area is 118 Å². The van der Waals surface area contributed by atoms with E-state index in [0.717, 1.165) is 13.1 Å². The van der Waals surface area contributed by atoms with Gasteiger partial charge in [0.2, 0.25) is 0 Å². The second-order valence-electron chi connectivity index (χ2n) is 4.54. The fraction of sp³-hybridized carbons (Fsp3) is 0.462. The highest BCUT2D eigenvalue weighted by atomic mass is 35.5. The Bertz CT molecular complexity index is 392. The number of nitrogens with one attached hydrogen (secondary N) is 1. The SMILES string of the molecule is Cl.O=C(c1ccccc1)N1CC(O)C1.OC1CNC1. The molecule has 3 N–H and O–H groups in total. The summed E-state index contributed by atoms with van der Waals surface area (Å²) in [6.07, 6.45) is -0.373. The summed E-state index contributed by atoms with van der Waals surface area (Å²) in [5, 5.41) is 20.3. The molecule has 2 heterocycles. The van der Waals surface area contributed by atoms with E-state index in [1.807, 2.05) is 18.2 Å². The lowest BCUT2D eigenvalue weighted by atomic mass is 10.1. The molecule has 5 nitrogen and oxygen atoms in total. The second kappa shape index (κ2) is 7.45. The van der Waals surface area contributed by atoms with Crippen LogP contribution in [0.3, 0.4) is 0 Å². The van der Waals surface area contributed by atoms with Gasteiger partial charge in [-0.3, -0.25) is 4.79 Å². The first kappa shape index (κ1) is 15.9. The molecule has 0 aromatic heterocycles. The Hall–Kier alpha value is -1.14. The highest BCUT2D eigenvalue weighted by Gasteiger charge is 2.29. The number of amides is 1. The Morgan fingerprint density at radius 1 is 1.11 bits per heavy atom. The summed E-state index contributed by atoms with van der Waals surface area (Å²) in [7, 11) is 0. The molecule has 3 rings (SSSR count). The van der Waals surface area contributed by atoms with Crippen molar-refractivity contribution in [2.45, 2.75) is 12.2 Å². The first-order valence-electron chi connectivity index (χ1n) is 6.08. The zero-order chi connectivity index (χ0) is 13.0. The largest absolute Gasteiger partial charge is 0.390 e. The van der Waals surface area contributed by atoms with Gasteiger partial charge < -0.3 is 20.4 Å². The molecule has 0 radical (unpaired) electrons. The van der Waals surface area contributed by atoms with Crippen molar-refractivity contribution < 1.29 is 15.0 Å². The first-order chi connectivity index (χ1) is 8.66. The van der Waals surface area contributed by atoms with E-state index in [4.69, 9.17) is 10.2 Å². The third-order valence-electron chi connectivity index (χ3n) is 2.93. The molecule has 2 aliphatic rings. The van der Waals surface area contributed by atoms with Gasteiger partial charge in [-0.15, -0.1) is 12.4 Å². The molecule has 1 amide bonds. The molecule has 106 valence electrons. The number of hydrogen-bond donors (Lipinski definition) is 3. The average molecular weight is 287 g/mol. The summed E-state index contributed by atoms with van der Waals surface area (Å²) in [6.45, 7) is 2.52. The van der Waals surface area contributed by atoms with E-state index in [1.54, 1.807) is 17.0 Å². The minimum Gasteiger partial charge on any atom is -0.390 e. The van der Waals surface area contributed by atoms with E-state index >= 15 is 0 Å². The highest BCUT2D eigenvalue weighted by Crippen LogP contribution is 2.12. The number of rotatable bonds is 1. The molecule has 2 saturated heterocycles. The lowest BCUT2D eigenvalue weighted by molar-refractivity contribution is 0.00589. The highest BCUT2D eigenvalue weighted by molar-refractivity contribution is 5.94. The summed E-state index contributed by atoms with van der Waals surface area (Å²) < 4.78 is 0. The molecule has 0 atom stereocenters. The molecule has 1 aromatic carbocycles. The topological polar surface area (TPSA) is 72.8 Å². The van der Waals surface area contributed by atoms with Gasteiger partial charge in [0.25, 0.3) is 5.91 Å². The average Bonchev–Trinajstić information content (AvgIpc) is 2.33. The number of carbonyl (C=O) groups is 1. The quantitative estimate of drug-likeness (QED) is 0.673. The normalized spacial score (nSPS) is 18.3. The van der Waals surface area contributed by atoms with Gasteiger partial charge in [0, 0.05) is 31.7 Å². The molecule has 0 unspecified atom stereocenters. The fourth-order valence-corrected chi connectivity index (χ4v) is 1.66. The van der Waals surface area contributed by atoms with E-state index in [-0.39, 0.29) is 30.5 Å². The predicted octanol–water partition coefficient (Wildman–Crippen LogP) is -0.124. The van der Waals surface area contributed by atoms with E-state index < -0.39 is 0 Å². The standard InChI is InChI=1S/C10H11NO2.C3H7NO.ClH/c12-9-6-11(7-9)10(13)8-4-2-1-3-5-8;5-3-1-4-2-3;/h1-5,9,12H,6-7H2;3-5H,1-2H2;1H. The summed E-state index contributed by atoms with van der Waals surface area (Å²) in [6, 6.07) is 9.12. The number of likely N-dealkylation sites (tertiary alicyclic amines) is 1. The van der Waals surface area contributed by atoms with Gasteiger partial charge in [0.1, 0.15) is 0 Å².